The van der Waals surface area contributed by atoms with Crippen molar-refractivity contribution in [1.29, 1.82) is 5.26 Å². The van der Waals surface area contributed by atoms with Gasteiger partial charge < -0.3 is 19.9 Å². The van der Waals surface area contributed by atoms with Gasteiger partial charge in [0.15, 0.2) is 0 Å². The molecule has 6 nitrogen and oxygen atoms in total. The zero-order chi connectivity index (χ0) is 29.8. The molecule has 0 aliphatic carbocycles. The molecule has 2 fully saturated rings. The molecule has 2 aliphatic rings. The van der Waals surface area contributed by atoms with E-state index >= 15 is 0 Å². The number of benzene rings is 2. The number of carbonyl (C=O) groups excluding carboxylic acids is 1. The molecule has 2 aromatic carbocycles. The largest absolute Gasteiger partial charge is 0.418 e. The van der Waals surface area contributed by atoms with Crippen LogP contribution in [-0.4, -0.2) is 67.7 Å². The number of nitrogens with zero attached hydrogens (tertiary/aromatic N) is 3. The van der Waals surface area contributed by atoms with Crippen molar-refractivity contribution in [3.63, 3.8) is 0 Å². The molecule has 0 aromatic heterocycles. The van der Waals surface area contributed by atoms with Crippen molar-refractivity contribution in [2.75, 3.05) is 51.8 Å². The molecule has 220 valence electrons. The summed E-state index contributed by atoms with van der Waals surface area (Å²) in [6, 6.07) is 10.5. The first-order valence-electron chi connectivity index (χ1n) is 12.8. The van der Waals surface area contributed by atoms with Gasteiger partial charge in [-0.25, -0.2) is 0 Å². The summed E-state index contributed by atoms with van der Waals surface area (Å²) in [5.74, 6) is -0.613. The molecule has 0 radical (unpaired) electrons. The van der Waals surface area contributed by atoms with E-state index in [1.54, 1.807) is 12.1 Å². The zero-order valence-corrected chi connectivity index (χ0v) is 22.9. The lowest BCUT2D eigenvalue weighted by Gasteiger charge is -2.36. The maximum Gasteiger partial charge on any atom is 0.418 e. The van der Waals surface area contributed by atoms with Crippen LogP contribution >= 0.6 is 11.8 Å². The Morgan fingerprint density at radius 2 is 1.68 bits per heavy atom. The van der Waals surface area contributed by atoms with Crippen LogP contribution in [0.3, 0.4) is 0 Å². The molecule has 13 heteroatoms. The highest BCUT2D eigenvalue weighted by atomic mass is 32.2. The fourth-order valence-corrected chi connectivity index (χ4v) is 5.81. The molecular formula is C28H28F6N4O2S. The number of ether oxygens (including phenoxy) is 1. The number of likely N-dealkylation sites (tertiary alicyclic amines) is 1. The number of hydrogen-bond acceptors (Lipinski definition) is 6. The van der Waals surface area contributed by atoms with Crippen molar-refractivity contribution in [3.8, 4) is 6.07 Å². The number of rotatable bonds is 6. The number of nitriles is 1. The Morgan fingerprint density at radius 3 is 2.29 bits per heavy atom. The number of nitrogens with one attached hydrogen (secondary N) is 1. The molecule has 2 saturated heterocycles. The summed E-state index contributed by atoms with van der Waals surface area (Å²) in [6.07, 6.45) is -7.98. The van der Waals surface area contributed by atoms with Gasteiger partial charge in [0.25, 0.3) is 0 Å². The van der Waals surface area contributed by atoms with Gasteiger partial charge in [0, 0.05) is 47.7 Å². The summed E-state index contributed by atoms with van der Waals surface area (Å²) in [5.41, 5.74) is -4.82. The van der Waals surface area contributed by atoms with Crippen molar-refractivity contribution >= 4 is 29.4 Å². The van der Waals surface area contributed by atoms with Crippen LogP contribution in [-0.2, 0) is 21.9 Å². The maximum absolute atomic E-state index is 14.2. The molecule has 0 spiro atoms. The summed E-state index contributed by atoms with van der Waals surface area (Å²) < 4.78 is 90.4. The lowest BCUT2D eigenvalue weighted by atomic mass is 9.89. The number of alkyl halides is 6. The van der Waals surface area contributed by atoms with E-state index < -0.39 is 45.4 Å². The Labute approximate surface area is 237 Å². The summed E-state index contributed by atoms with van der Waals surface area (Å²) in [4.78, 5) is 15.5. The van der Waals surface area contributed by atoms with Crippen LogP contribution in [0.1, 0.15) is 29.5 Å². The minimum Gasteiger partial charge on any atom is -0.378 e. The van der Waals surface area contributed by atoms with Gasteiger partial charge in [0.2, 0.25) is 5.91 Å². The molecule has 4 rings (SSSR count). The van der Waals surface area contributed by atoms with Crippen molar-refractivity contribution in [2.24, 2.45) is 0 Å². The number of anilines is 1. The third-order valence-corrected chi connectivity index (χ3v) is 8.04. The fraction of sp³-hybridized carbons (Fsp3) is 0.429. The van der Waals surface area contributed by atoms with E-state index in [1.165, 1.54) is 17.0 Å². The van der Waals surface area contributed by atoms with Crippen LogP contribution in [0, 0.1) is 11.3 Å². The second-order valence-corrected chi connectivity index (χ2v) is 11.0. The number of piperidine rings is 1. The van der Waals surface area contributed by atoms with Crippen LogP contribution in [0.25, 0.3) is 6.08 Å². The van der Waals surface area contributed by atoms with Gasteiger partial charge in [-0.15, -0.1) is 0 Å². The van der Waals surface area contributed by atoms with E-state index in [1.807, 2.05) is 7.05 Å². The second-order valence-electron chi connectivity index (χ2n) is 9.92. The first-order valence-corrected chi connectivity index (χ1v) is 13.6. The molecular weight excluding hydrogens is 570 g/mol. The Bertz CT molecular complexity index is 1320. The Hall–Kier alpha value is -3.21. The van der Waals surface area contributed by atoms with Crippen molar-refractivity contribution < 1.29 is 35.9 Å². The highest BCUT2D eigenvalue weighted by Gasteiger charge is 2.46. The van der Waals surface area contributed by atoms with Crippen LogP contribution in [0.5, 0.6) is 0 Å². The Morgan fingerprint density at radius 1 is 1.02 bits per heavy atom. The molecule has 41 heavy (non-hydrogen) atoms. The monoisotopic (exact) mass is 598 g/mol. The van der Waals surface area contributed by atoms with E-state index in [-0.39, 0.29) is 31.2 Å². The molecule has 0 unspecified atom stereocenters. The van der Waals surface area contributed by atoms with Crippen LogP contribution in [0.4, 0.5) is 32.0 Å². The first kappa shape index (κ1) is 30.7. The van der Waals surface area contributed by atoms with Gasteiger partial charge in [-0.1, -0.05) is 23.9 Å². The standard InChI is InChI=1S/C28H28F6N4O2S/c1-37-11-9-26(18-35,10-12-37)36-20-3-2-4-21(17-20)41-22-7-5-19(6-8-23(39)38-13-15-40-16-14-38)24(27(29,30)31)25(22)28(32,33)34/h2-8,17,36H,9-16H2,1H3. The Kier molecular flexibility index (Phi) is 9.25. The molecule has 1 amide bonds. The number of halogens is 6. The SMILES string of the molecule is CN1CCC(C#N)(Nc2cccc(Sc3ccc(C=CC(=O)N4CCOCC4)c(C(F)(F)F)c3C(F)(F)F)c2)CC1. The zero-order valence-electron chi connectivity index (χ0n) is 22.1. The highest BCUT2D eigenvalue weighted by Crippen LogP contribution is 2.48. The summed E-state index contributed by atoms with van der Waals surface area (Å²) in [5, 5.41) is 13.0. The quantitative estimate of drug-likeness (QED) is 0.318. The molecule has 2 heterocycles. The topological polar surface area (TPSA) is 68.6 Å². The third kappa shape index (κ3) is 7.55. The normalized spacial score (nSPS) is 18.3. The molecule has 2 aliphatic heterocycles. The summed E-state index contributed by atoms with van der Waals surface area (Å²) >= 11 is 0.546. The van der Waals surface area contributed by atoms with Gasteiger partial charge in [-0.3, -0.25) is 4.79 Å². The lowest BCUT2D eigenvalue weighted by Crippen LogP contribution is -2.47. The molecule has 0 bridgehead atoms. The summed E-state index contributed by atoms with van der Waals surface area (Å²) in [6.45, 7) is 2.37. The predicted molar refractivity (Wildman–Crippen MR) is 142 cm³/mol. The number of hydrogen-bond donors (Lipinski definition) is 1. The van der Waals surface area contributed by atoms with Crippen molar-refractivity contribution in [1.82, 2.24) is 9.80 Å². The predicted octanol–water partition coefficient (Wildman–Crippen LogP) is 6.15. The second kappa shape index (κ2) is 12.3. The fourth-order valence-electron chi connectivity index (χ4n) is 4.77. The number of morpholine rings is 1. The van der Waals surface area contributed by atoms with Gasteiger partial charge in [-0.05, 0) is 55.8 Å². The maximum atomic E-state index is 14.2. The van der Waals surface area contributed by atoms with Crippen molar-refractivity contribution in [2.45, 2.75) is 40.5 Å². The van der Waals surface area contributed by atoms with E-state index in [0.29, 0.717) is 43.4 Å². The third-order valence-electron chi connectivity index (χ3n) is 6.99. The van der Waals surface area contributed by atoms with Gasteiger partial charge in [0.1, 0.15) is 5.54 Å². The van der Waals surface area contributed by atoms with Crippen LogP contribution in [0.15, 0.2) is 52.3 Å². The summed E-state index contributed by atoms with van der Waals surface area (Å²) in [7, 11) is 1.94. The van der Waals surface area contributed by atoms with E-state index in [4.69, 9.17) is 4.74 Å². The molecule has 2 aromatic rings. The van der Waals surface area contributed by atoms with Crippen LogP contribution < -0.4 is 5.32 Å². The van der Waals surface area contributed by atoms with E-state index in [2.05, 4.69) is 16.3 Å². The highest BCUT2D eigenvalue weighted by molar-refractivity contribution is 7.99. The van der Waals surface area contributed by atoms with E-state index in [0.717, 1.165) is 24.3 Å². The molecule has 1 N–H and O–H groups in total. The first-order chi connectivity index (χ1) is 19.3. The van der Waals surface area contributed by atoms with Gasteiger partial charge in [0.05, 0.1) is 30.4 Å². The van der Waals surface area contributed by atoms with Crippen LogP contribution in [0.2, 0.25) is 0 Å². The average molecular weight is 599 g/mol. The molecule has 0 atom stereocenters. The number of amides is 1. The van der Waals surface area contributed by atoms with Gasteiger partial charge in [-0.2, -0.15) is 31.6 Å². The van der Waals surface area contributed by atoms with Crippen molar-refractivity contribution in [3.05, 3.63) is 59.2 Å². The Balaban J connectivity index is 1.67. The average Bonchev–Trinajstić information content (AvgIpc) is 2.93. The lowest BCUT2D eigenvalue weighted by molar-refractivity contribution is -0.163. The van der Waals surface area contributed by atoms with Gasteiger partial charge >= 0.3 is 12.4 Å². The minimum atomic E-state index is -5.35. The molecule has 0 saturated carbocycles. The number of carbonyl (C=O) groups is 1. The van der Waals surface area contributed by atoms with E-state index in [9.17, 15) is 36.4 Å². The minimum absolute atomic E-state index is 0.235. The smallest absolute Gasteiger partial charge is 0.378 e.